The summed E-state index contributed by atoms with van der Waals surface area (Å²) in [4.78, 5) is 10.9. The van der Waals surface area contributed by atoms with Crippen LogP contribution in [0.3, 0.4) is 0 Å². The Hall–Kier alpha value is -0.840. The first-order valence-corrected chi connectivity index (χ1v) is 4.85. The summed E-state index contributed by atoms with van der Waals surface area (Å²) >= 11 is 3.27. The van der Waals surface area contributed by atoms with Gasteiger partial charge >= 0.3 is 5.97 Å². The van der Waals surface area contributed by atoms with Crippen LogP contribution in [0.25, 0.3) is 0 Å². The third-order valence-corrected chi connectivity index (χ3v) is 1.86. The molecule has 13 heavy (non-hydrogen) atoms. The molecule has 0 spiro atoms. The van der Waals surface area contributed by atoms with Gasteiger partial charge in [0.25, 0.3) is 0 Å². The maximum atomic E-state index is 10.9. The average Bonchev–Trinajstić information content (AvgIpc) is 2.49. The second-order valence-corrected chi connectivity index (χ2v) is 3.39. The summed E-state index contributed by atoms with van der Waals surface area (Å²) < 4.78 is 7.39. The first-order valence-electron chi connectivity index (χ1n) is 4.06. The Morgan fingerprint density at radius 2 is 2.54 bits per heavy atom. The molecule has 0 fully saturated rings. The number of rotatable bonds is 4. The quantitative estimate of drug-likeness (QED) is 0.759. The maximum Gasteiger partial charge on any atom is 0.307 e. The molecular formula is C8H11BrN2O2. The average molecular weight is 247 g/mol. The van der Waals surface area contributed by atoms with E-state index < -0.39 is 0 Å². The largest absolute Gasteiger partial charge is 0.466 e. The van der Waals surface area contributed by atoms with Gasteiger partial charge in [0.2, 0.25) is 0 Å². The number of hydrogen-bond acceptors (Lipinski definition) is 3. The number of aryl methyl sites for hydroxylation is 1. The smallest absolute Gasteiger partial charge is 0.307 e. The molecule has 0 N–H and O–H groups in total. The molecule has 0 atom stereocenters. The van der Waals surface area contributed by atoms with E-state index in [2.05, 4.69) is 21.0 Å². The summed E-state index contributed by atoms with van der Waals surface area (Å²) in [7, 11) is 0. The van der Waals surface area contributed by atoms with Gasteiger partial charge < -0.3 is 4.74 Å². The van der Waals surface area contributed by atoms with Gasteiger partial charge in [0.15, 0.2) is 0 Å². The highest BCUT2D eigenvalue weighted by Crippen LogP contribution is 2.06. The van der Waals surface area contributed by atoms with E-state index in [1.165, 1.54) is 0 Å². The van der Waals surface area contributed by atoms with Crippen molar-refractivity contribution in [2.24, 2.45) is 0 Å². The zero-order valence-electron chi connectivity index (χ0n) is 7.36. The van der Waals surface area contributed by atoms with Crippen LogP contribution in [0, 0.1) is 0 Å². The van der Waals surface area contributed by atoms with Gasteiger partial charge in [-0.25, -0.2) is 0 Å². The van der Waals surface area contributed by atoms with E-state index in [1.807, 2.05) is 6.20 Å². The van der Waals surface area contributed by atoms with Crippen molar-refractivity contribution in [2.45, 2.75) is 19.9 Å². The molecule has 1 aromatic rings. The second-order valence-electron chi connectivity index (χ2n) is 2.48. The summed E-state index contributed by atoms with van der Waals surface area (Å²) in [6.07, 6.45) is 3.87. The van der Waals surface area contributed by atoms with E-state index in [0.29, 0.717) is 19.6 Å². The predicted molar refractivity (Wildman–Crippen MR) is 51.2 cm³/mol. The predicted octanol–water partition coefficient (Wildman–Crippen LogP) is 1.60. The normalized spacial score (nSPS) is 10.0. The van der Waals surface area contributed by atoms with Crippen molar-refractivity contribution < 1.29 is 9.53 Å². The molecule has 0 aromatic carbocycles. The summed E-state index contributed by atoms with van der Waals surface area (Å²) in [5.41, 5.74) is 0. The molecule has 0 aliphatic rings. The monoisotopic (exact) mass is 246 g/mol. The lowest BCUT2D eigenvalue weighted by molar-refractivity contribution is -0.143. The molecule has 0 saturated carbocycles. The minimum atomic E-state index is -0.186. The molecule has 0 aliphatic carbocycles. The number of esters is 1. The highest BCUT2D eigenvalue weighted by molar-refractivity contribution is 9.10. The van der Waals surface area contributed by atoms with Crippen LogP contribution < -0.4 is 0 Å². The van der Waals surface area contributed by atoms with Crippen LogP contribution in [0.1, 0.15) is 13.3 Å². The number of ether oxygens (including phenoxy) is 1. The first-order chi connectivity index (χ1) is 6.22. The topological polar surface area (TPSA) is 44.1 Å². The van der Waals surface area contributed by atoms with Crippen molar-refractivity contribution >= 4 is 21.9 Å². The van der Waals surface area contributed by atoms with E-state index >= 15 is 0 Å². The summed E-state index contributed by atoms with van der Waals surface area (Å²) in [5, 5.41) is 4.01. The van der Waals surface area contributed by atoms with Crippen LogP contribution in [-0.4, -0.2) is 22.4 Å². The fourth-order valence-electron chi connectivity index (χ4n) is 0.900. The Bertz CT molecular complexity index is 285. The number of aromatic nitrogens is 2. The molecule has 0 radical (unpaired) electrons. The third-order valence-electron chi connectivity index (χ3n) is 1.45. The lowest BCUT2D eigenvalue weighted by Crippen LogP contribution is -2.09. The second kappa shape index (κ2) is 5.01. The standard InChI is InChI=1S/C8H11BrN2O2/c1-2-13-8(12)3-4-11-6-7(9)5-10-11/h5-6H,2-4H2,1H3. The molecule has 1 rings (SSSR count). The Morgan fingerprint density at radius 1 is 1.77 bits per heavy atom. The van der Waals surface area contributed by atoms with Gasteiger partial charge in [-0.15, -0.1) is 0 Å². The minimum absolute atomic E-state index is 0.186. The molecule has 0 saturated heterocycles. The summed E-state index contributed by atoms with van der Waals surface area (Å²) in [5.74, 6) is -0.186. The molecule has 1 heterocycles. The van der Waals surface area contributed by atoms with Crippen molar-refractivity contribution in [3.63, 3.8) is 0 Å². The molecule has 0 unspecified atom stereocenters. The number of carbonyl (C=O) groups excluding carboxylic acids is 1. The Kier molecular flexibility index (Phi) is 3.95. The number of hydrogen-bond donors (Lipinski definition) is 0. The molecular weight excluding hydrogens is 236 g/mol. The van der Waals surface area contributed by atoms with Crippen LogP contribution in [-0.2, 0) is 16.1 Å². The first kappa shape index (κ1) is 10.2. The van der Waals surface area contributed by atoms with Gasteiger partial charge in [0.1, 0.15) is 0 Å². The third kappa shape index (κ3) is 3.59. The zero-order valence-corrected chi connectivity index (χ0v) is 8.95. The van der Waals surface area contributed by atoms with Crippen molar-refractivity contribution in [3.8, 4) is 0 Å². The van der Waals surface area contributed by atoms with E-state index in [0.717, 1.165) is 4.47 Å². The fourth-order valence-corrected chi connectivity index (χ4v) is 1.23. The Morgan fingerprint density at radius 3 is 3.08 bits per heavy atom. The van der Waals surface area contributed by atoms with E-state index in [9.17, 15) is 4.79 Å². The Labute approximate surface area is 85.0 Å². The number of nitrogens with zero attached hydrogens (tertiary/aromatic N) is 2. The number of halogens is 1. The summed E-state index contributed by atoms with van der Waals surface area (Å²) in [6, 6.07) is 0. The van der Waals surface area contributed by atoms with Gasteiger partial charge in [0, 0.05) is 6.20 Å². The minimum Gasteiger partial charge on any atom is -0.466 e. The van der Waals surface area contributed by atoms with Crippen LogP contribution in [0.15, 0.2) is 16.9 Å². The highest BCUT2D eigenvalue weighted by Gasteiger charge is 2.02. The molecule has 4 nitrogen and oxygen atoms in total. The van der Waals surface area contributed by atoms with Crippen molar-refractivity contribution in [1.29, 1.82) is 0 Å². The molecule has 0 amide bonds. The lowest BCUT2D eigenvalue weighted by Gasteiger charge is -2.01. The van der Waals surface area contributed by atoms with Crippen molar-refractivity contribution in [3.05, 3.63) is 16.9 Å². The summed E-state index contributed by atoms with van der Waals surface area (Å²) in [6.45, 7) is 2.79. The van der Waals surface area contributed by atoms with Gasteiger partial charge in [-0.2, -0.15) is 5.10 Å². The number of carbonyl (C=O) groups is 1. The SMILES string of the molecule is CCOC(=O)CCn1cc(Br)cn1. The van der Waals surface area contributed by atoms with Gasteiger partial charge in [-0.1, -0.05) is 0 Å². The maximum absolute atomic E-state index is 10.9. The molecule has 0 bridgehead atoms. The van der Waals surface area contributed by atoms with Gasteiger partial charge in [0.05, 0.1) is 30.2 Å². The molecule has 1 aromatic heterocycles. The van der Waals surface area contributed by atoms with Gasteiger partial charge in [-0.3, -0.25) is 9.48 Å². The lowest BCUT2D eigenvalue weighted by atomic mass is 10.4. The van der Waals surface area contributed by atoms with Crippen LogP contribution in [0.2, 0.25) is 0 Å². The van der Waals surface area contributed by atoms with Crippen LogP contribution in [0.4, 0.5) is 0 Å². The Balaban J connectivity index is 2.30. The highest BCUT2D eigenvalue weighted by atomic mass is 79.9. The van der Waals surface area contributed by atoms with Crippen LogP contribution in [0.5, 0.6) is 0 Å². The molecule has 72 valence electrons. The molecule has 0 aliphatic heterocycles. The van der Waals surface area contributed by atoms with Crippen molar-refractivity contribution in [1.82, 2.24) is 9.78 Å². The fraction of sp³-hybridized carbons (Fsp3) is 0.500. The zero-order chi connectivity index (χ0) is 9.68. The molecule has 5 heteroatoms. The van der Waals surface area contributed by atoms with Crippen molar-refractivity contribution in [2.75, 3.05) is 6.61 Å². The van der Waals surface area contributed by atoms with E-state index in [4.69, 9.17) is 4.74 Å². The van der Waals surface area contributed by atoms with E-state index in [-0.39, 0.29) is 5.97 Å². The van der Waals surface area contributed by atoms with Crippen LogP contribution >= 0.6 is 15.9 Å². The van der Waals surface area contributed by atoms with E-state index in [1.54, 1.807) is 17.8 Å². The van der Waals surface area contributed by atoms with Gasteiger partial charge in [-0.05, 0) is 22.9 Å².